The van der Waals surface area contributed by atoms with Crippen molar-refractivity contribution in [3.05, 3.63) is 235 Å². The van der Waals surface area contributed by atoms with Crippen LogP contribution in [-0.2, 0) is 5.41 Å². The van der Waals surface area contributed by atoms with Gasteiger partial charge in [-0.15, -0.1) is 0 Å². The Labute approximate surface area is 294 Å². The highest BCUT2D eigenvalue weighted by atomic mass is 15.1. The molecule has 0 heterocycles. The highest BCUT2D eigenvalue weighted by Crippen LogP contribution is 2.56. The van der Waals surface area contributed by atoms with Crippen LogP contribution in [0.3, 0.4) is 0 Å². The van der Waals surface area contributed by atoms with Crippen LogP contribution in [0, 0.1) is 0 Å². The third-order valence-corrected chi connectivity index (χ3v) is 10.2. The lowest BCUT2D eigenvalue weighted by molar-refractivity contribution is 0.768. The number of anilines is 3. The molecule has 0 amide bonds. The van der Waals surface area contributed by atoms with Crippen LogP contribution in [0.2, 0.25) is 0 Å². The molecule has 0 radical (unpaired) electrons. The predicted octanol–water partition coefficient (Wildman–Crippen LogP) is 12.9. The van der Waals surface area contributed by atoms with E-state index >= 15 is 0 Å². The van der Waals surface area contributed by atoms with Crippen LogP contribution in [0.5, 0.6) is 0 Å². The zero-order chi connectivity index (χ0) is 33.3. The van der Waals surface area contributed by atoms with Crippen LogP contribution in [0.4, 0.5) is 17.1 Å². The Morgan fingerprint density at radius 2 is 0.780 bits per heavy atom. The van der Waals surface area contributed by atoms with Crippen LogP contribution >= 0.6 is 0 Å². The van der Waals surface area contributed by atoms with E-state index in [9.17, 15) is 0 Å². The summed E-state index contributed by atoms with van der Waals surface area (Å²) in [5, 5.41) is 0. The molecule has 1 aliphatic rings. The van der Waals surface area contributed by atoms with Crippen molar-refractivity contribution in [2.45, 2.75) is 5.41 Å². The summed E-state index contributed by atoms with van der Waals surface area (Å²) in [5.74, 6) is 0. The molecule has 0 bridgehead atoms. The van der Waals surface area contributed by atoms with Gasteiger partial charge in [0.15, 0.2) is 0 Å². The smallest absolute Gasteiger partial charge is 0.0714 e. The molecule has 0 spiro atoms. The van der Waals surface area contributed by atoms with Crippen LogP contribution in [0.25, 0.3) is 33.4 Å². The van der Waals surface area contributed by atoms with E-state index in [0.29, 0.717) is 0 Å². The number of para-hydroxylation sites is 1. The van der Waals surface area contributed by atoms with Crippen molar-refractivity contribution in [1.82, 2.24) is 0 Å². The van der Waals surface area contributed by atoms with Gasteiger partial charge in [-0.1, -0.05) is 182 Å². The van der Waals surface area contributed by atoms with E-state index in [1.54, 1.807) is 0 Å². The second-order valence-electron chi connectivity index (χ2n) is 12.9. The lowest BCUT2D eigenvalue weighted by atomic mass is 9.67. The summed E-state index contributed by atoms with van der Waals surface area (Å²) in [4.78, 5) is 2.42. The number of nitrogens with zero attached hydrogens (tertiary/aromatic N) is 1. The zero-order valence-electron chi connectivity index (χ0n) is 27.7. The molecule has 0 atom stereocenters. The van der Waals surface area contributed by atoms with E-state index in [-0.39, 0.29) is 0 Å². The van der Waals surface area contributed by atoms with Crippen LogP contribution < -0.4 is 4.90 Å². The first kappa shape index (κ1) is 29.7. The largest absolute Gasteiger partial charge is 0.310 e. The normalized spacial score (nSPS) is 12.6. The lowest BCUT2D eigenvalue weighted by Gasteiger charge is -2.35. The summed E-state index contributed by atoms with van der Waals surface area (Å²) in [7, 11) is 0. The summed E-state index contributed by atoms with van der Waals surface area (Å²) in [6, 6.07) is 77.2. The summed E-state index contributed by atoms with van der Waals surface area (Å²) in [6.07, 6.45) is 0. The van der Waals surface area contributed by atoms with Crippen molar-refractivity contribution in [2.75, 3.05) is 4.90 Å². The highest BCUT2D eigenvalue weighted by molar-refractivity contribution is 5.90. The second-order valence-corrected chi connectivity index (χ2v) is 12.9. The molecule has 1 nitrogen and oxygen atoms in total. The Bertz CT molecular complexity index is 2370. The Morgan fingerprint density at radius 3 is 1.42 bits per heavy atom. The Kier molecular flexibility index (Phi) is 7.44. The first-order chi connectivity index (χ1) is 24.8. The molecule has 0 aromatic heterocycles. The fourth-order valence-corrected chi connectivity index (χ4v) is 7.98. The molecule has 236 valence electrons. The number of benzene rings is 8. The maximum absolute atomic E-state index is 2.42. The van der Waals surface area contributed by atoms with Gasteiger partial charge in [-0.3, -0.25) is 0 Å². The van der Waals surface area contributed by atoms with Gasteiger partial charge in [0.05, 0.1) is 11.1 Å². The summed E-state index contributed by atoms with van der Waals surface area (Å²) >= 11 is 0. The third-order valence-electron chi connectivity index (χ3n) is 10.2. The molecule has 0 fully saturated rings. The van der Waals surface area contributed by atoms with Crippen molar-refractivity contribution in [3.63, 3.8) is 0 Å². The van der Waals surface area contributed by atoms with Gasteiger partial charge >= 0.3 is 0 Å². The number of rotatable bonds is 7. The Hall–Kier alpha value is -6.44. The number of hydrogen-bond donors (Lipinski definition) is 0. The topological polar surface area (TPSA) is 3.24 Å². The summed E-state index contributed by atoms with van der Waals surface area (Å²) in [6.45, 7) is 0. The molecule has 0 aliphatic heterocycles. The highest BCUT2D eigenvalue weighted by Gasteiger charge is 2.46. The molecule has 0 unspecified atom stereocenters. The zero-order valence-corrected chi connectivity index (χ0v) is 27.7. The van der Waals surface area contributed by atoms with Gasteiger partial charge < -0.3 is 4.90 Å². The average molecular weight is 638 g/mol. The molecule has 0 saturated heterocycles. The lowest BCUT2D eigenvalue weighted by Crippen LogP contribution is -2.28. The van der Waals surface area contributed by atoms with Crippen LogP contribution in [0.1, 0.15) is 22.3 Å². The van der Waals surface area contributed by atoms with Gasteiger partial charge in [0.2, 0.25) is 0 Å². The monoisotopic (exact) mass is 637 g/mol. The molecule has 0 saturated carbocycles. The molecule has 9 rings (SSSR count). The molecular formula is C49H35N. The predicted molar refractivity (Wildman–Crippen MR) is 209 cm³/mol. The summed E-state index contributed by atoms with van der Waals surface area (Å²) < 4.78 is 0. The number of fused-ring (bicyclic) bond motifs is 3. The average Bonchev–Trinajstić information content (AvgIpc) is 3.51. The standard InChI is InChI=1S/C49H35N/c1-4-17-36(18-5-1)37-31-33-41(34-32-37)50(48-30-15-12-25-43(48)38-19-6-2-7-20-38)42-24-16-23-40(35-42)49(39-21-8-3-9-22-39)46-28-13-10-26-44(46)45-27-11-14-29-47(45)49/h1-35H. The molecule has 8 aromatic rings. The summed E-state index contributed by atoms with van der Waals surface area (Å²) in [5.41, 5.74) is 15.3. The quantitative estimate of drug-likeness (QED) is 0.168. The first-order valence-electron chi connectivity index (χ1n) is 17.3. The van der Waals surface area contributed by atoms with E-state index < -0.39 is 5.41 Å². The van der Waals surface area contributed by atoms with E-state index in [0.717, 1.165) is 17.1 Å². The van der Waals surface area contributed by atoms with Crippen LogP contribution in [0.15, 0.2) is 212 Å². The Balaban J connectivity index is 1.29. The van der Waals surface area contributed by atoms with E-state index in [2.05, 4.69) is 217 Å². The molecule has 1 heteroatoms. The van der Waals surface area contributed by atoms with Crippen molar-refractivity contribution in [3.8, 4) is 33.4 Å². The SMILES string of the molecule is c1ccc(-c2ccc(N(c3cccc(C4(c5ccccc5)c5ccccc5-c5ccccc54)c3)c3ccccc3-c3ccccc3)cc2)cc1. The van der Waals surface area contributed by atoms with Crippen molar-refractivity contribution >= 4 is 17.1 Å². The van der Waals surface area contributed by atoms with Gasteiger partial charge in [0, 0.05) is 16.9 Å². The fourth-order valence-electron chi connectivity index (χ4n) is 7.98. The second kappa shape index (κ2) is 12.5. The van der Waals surface area contributed by atoms with Crippen molar-refractivity contribution < 1.29 is 0 Å². The van der Waals surface area contributed by atoms with Gasteiger partial charge in [-0.05, 0) is 80.4 Å². The maximum Gasteiger partial charge on any atom is 0.0714 e. The molecule has 0 N–H and O–H groups in total. The van der Waals surface area contributed by atoms with Crippen molar-refractivity contribution in [2.24, 2.45) is 0 Å². The minimum absolute atomic E-state index is 0.480. The molecule has 8 aromatic carbocycles. The van der Waals surface area contributed by atoms with Crippen molar-refractivity contribution in [1.29, 1.82) is 0 Å². The minimum Gasteiger partial charge on any atom is -0.310 e. The first-order valence-corrected chi connectivity index (χ1v) is 17.3. The fraction of sp³-hybridized carbons (Fsp3) is 0.0204. The number of hydrogen-bond acceptors (Lipinski definition) is 1. The van der Waals surface area contributed by atoms with E-state index in [4.69, 9.17) is 0 Å². The van der Waals surface area contributed by atoms with Gasteiger partial charge in [-0.2, -0.15) is 0 Å². The van der Waals surface area contributed by atoms with Gasteiger partial charge in [0.1, 0.15) is 0 Å². The maximum atomic E-state index is 2.42. The van der Waals surface area contributed by atoms with E-state index in [1.807, 2.05) is 0 Å². The van der Waals surface area contributed by atoms with Gasteiger partial charge in [-0.25, -0.2) is 0 Å². The van der Waals surface area contributed by atoms with E-state index in [1.165, 1.54) is 55.6 Å². The molecule has 1 aliphatic carbocycles. The third kappa shape index (κ3) is 4.86. The molecular weight excluding hydrogens is 603 g/mol. The minimum atomic E-state index is -0.480. The van der Waals surface area contributed by atoms with Crippen LogP contribution in [-0.4, -0.2) is 0 Å². The molecule has 50 heavy (non-hydrogen) atoms. The Morgan fingerprint density at radius 1 is 0.300 bits per heavy atom. The van der Waals surface area contributed by atoms with Gasteiger partial charge in [0.25, 0.3) is 0 Å².